The number of carbonyl (C=O) groups is 1. The van der Waals surface area contributed by atoms with E-state index in [2.05, 4.69) is 10.6 Å². The molecule has 5 heteroatoms. The normalized spacial score (nSPS) is 17.5. The van der Waals surface area contributed by atoms with E-state index in [1.165, 1.54) is 0 Å². The molecule has 1 aromatic carbocycles. The number of methoxy groups -OCH3 is 2. The van der Waals surface area contributed by atoms with Gasteiger partial charge in [0.1, 0.15) is 5.75 Å². The Hall–Kier alpha value is -1.59. The summed E-state index contributed by atoms with van der Waals surface area (Å²) >= 11 is 0. The third-order valence-electron chi connectivity index (χ3n) is 3.81. The second-order valence-electron chi connectivity index (χ2n) is 5.15. The summed E-state index contributed by atoms with van der Waals surface area (Å²) < 4.78 is 10.4. The molecule has 1 amide bonds. The molecule has 0 aliphatic carbocycles. The van der Waals surface area contributed by atoms with Crippen LogP contribution in [0.3, 0.4) is 0 Å². The van der Waals surface area contributed by atoms with Gasteiger partial charge in [0.05, 0.1) is 19.1 Å². The van der Waals surface area contributed by atoms with Crippen LogP contribution in [0.2, 0.25) is 0 Å². The highest BCUT2D eigenvalue weighted by Gasteiger charge is 2.39. The van der Waals surface area contributed by atoms with E-state index in [1.54, 1.807) is 14.2 Å². The van der Waals surface area contributed by atoms with Crippen molar-refractivity contribution in [3.8, 4) is 5.75 Å². The van der Waals surface area contributed by atoms with E-state index in [-0.39, 0.29) is 5.91 Å². The molecule has 0 unspecified atom stereocenters. The smallest absolute Gasteiger partial charge is 0.233 e. The van der Waals surface area contributed by atoms with Crippen molar-refractivity contribution in [1.29, 1.82) is 0 Å². The highest BCUT2D eigenvalue weighted by Crippen LogP contribution is 2.31. The molecule has 2 N–H and O–H groups in total. The van der Waals surface area contributed by atoms with Crippen molar-refractivity contribution in [2.24, 2.45) is 5.41 Å². The molecule has 5 nitrogen and oxygen atoms in total. The molecule has 1 fully saturated rings. The largest absolute Gasteiger partial charge is 0.497 e. The van der Waals surface area contributed by atoms with Crippen LogP contribution in [-0.2, 0) is 9.53 Å². The standard InChI is InChI=1S/C15H22N2O3/c1-19-11-15(7-9-16-10-8-15)14(18)17-12-3-5-13(20-2)6-4-12/h3-6,16H,7-11H2,1-2H3,(H,17,18). The topological polar surface area (TPSA) is 59.6 Å². The van der Waals surface area contributed by atoms with Gasteiger partial charge in [-0.05, 0) is 50.2 Å². The number of hydrogen-bond acceptors (Lipinski definition) is 4. The molecule has 0 radical (unpaired) electrons. The van der Waals surface area contributed by atoms with Crippen molar-refractivity contribution in [2.45, 2.75) is 12.8 Å². The zero-order valence-electron chi connectivity index (χ0n) is 12.1. The first-order valence-corrected chi connectivity index (χ1v) is 6.85. The van der Waals surface area contributed by atoms with Gasteiger partial charge in [0.2, 0.25) is 5.91 Å². The summed E-state index contributed by atoms with van der Waals surface area (Å²) in [4.78, 5) is 12.6. The molecule has 1 heterocycles. The monoisotopic (exact) mass is 278 g/mol. The van der Waals surface area contributed by atoms with E-state index in [0.29, 0.717) is 6.61 Å². The minimum absolute atomic E-state index is 0.0333. The molecule has 0 bridgehead atoms. The average molecular weight is 278 g/mol. The van der Waals surface area contributed by atoms with E-state index in [4.69, 9.17) is 9.47 Å². The predicted octanol–water partition coefficient (Wildman–Crippen LogP) is 1.65. The molecule has 0 saturated carbocycles. The van der Waals surface area contributed by atoms with Crippen LogP contribution in [0.1, 0.15) is 12.8 Å². The number of benzene rings is 1. The van der Waals surface area contributed by atoms with Gasteiger partial charge in [0.25, 0.3) is 0 Å². The first-order valence-electron chi connectivity index (χ1n) is 6.85. The maximum absolute atomic E-state index is 12.6. The van der Waals surface area contributed by atoms with E-state index in [9.17, 15) is 4.79 Å². The van der Waals surface area contributed by atoms with Crippen molar-refractivity contribution in [3.63, 3.8) is 0 Å². The van der Waals surface area contributed by atoms with Crippen LogP contribution < -0.4 is 15.4 Å². The third-order valence-corrected chi connectivity index (χ3v) is 3.81. The summed E-state index contributed by atoms with van der Waals surface area (Å²) in [6, 6.07) is 7.36. The summed E-state index contributed by atoms with van der Waals surface area (Å²) in [6.45, 7) is 2.15. The highest BCUT2D eigenvalue weighted by atomic mass is 16.5. The average Bonchev–Trinajstić information content (AvgIpc) is 2.49. The summed E-state index contributed by atoms with van der Waals surface area (Å²) in [7, 11) is 3.26. The number of carbonyl (C=O) groups excluding carboxylic acids is 1. The molecular weight excluding hydrogens is 256 g/mol. The van der Waals surface area contributed by atoms with Crippen LogP contribution in [0.15, 0.2) is 24.3 Å². The van der Waals surface area contributed by atoms with Gasteiger partial charge in [0, 0.05) is 12.8 Å². The van der Waals surface area contributed by atoms with E-state index in [1.807, 2.05) is 24.3 Å². The van der Waals surface area contributed by atoms with Crippen molar-refractivity contribution in [3.05, 3.63) is 24.3 Å². The number of rotatable bonds is 5. The van der Waals surface area contributed by atoms with Crippen LogP contribution in [0.4, 0.5) is 5.69 Å². The number of anilines is 1. The number of nitrogens with one attached hydrogen (secondary N) is 2. The fourth-order valence-electron chi connectivity index (χ4n) is 2.56. The van der Waals surface area contributed by atoms with E-state index >= 15 is 0 Å². The van der Waals surface area contributed by atoms with Crippen molar-refractivity contribution >= 4 is 11.6 Å². The Morgan fingerprint density at radius 2 is 1.90 bits per heavy atom. The van der Waals surface area contributed by atoms with Crippen molar-refractivity contribution in [1.82, 2.24) is 5.32 Å². The quantitative estimate of drug-likeness (QED) is 0.860. The Bertz CT molecular complexity index is 433. The SMILES string of the molecule is COCC1(C(=O)Nc2ccc(OC)cc2)CCNCC1. The van der Waals surface area contributed by atoms with Crippen LogP contribution in [-0.4, -0.2) is 39.8 Å². The van der Waals surface area contributed by atoms with Gasteiger partial charge >= 0.3 is 0 Å². The Morgan fingerprint density at radius 3 is 2.45 bits per heavy atom. The van der Waals surface area contributed by atoms with Gasteiger partial charge in [-0.2, -0.15) is 0 Å². The van der Waals surface area contributed by atoms with Crippen molar-refractivity contribution in [2.75, 3.05) is 39.2 Å². The third kappa shape index (κ3) is 3.29. The van der Waals surface area contributed by atoms with E-state index in [0.717, 1.165) is 37.4 Å². The molecule has 2 rings (SSSR count). The predicted molar refractivity (Wildman–Crippen MR) is 78.0 cm³/mol. The van der Waals surface area contributed by atoms with Crippen LogP contribution >= 0.6 is 0 Å². The fraction of sp³-hybridized carbons (Fsp3) is 0.533. The first kappa shape index (κ1) is 14.8. The molecule has 0 aromatic heterocycles. The van der Waals surface area contributed by atoms with Gasteiger partial charge < -0.3 is 20.1 Å². The van der Waals surface area contributed by atoms with Crippen LogP contribution in [0, 0.1) is 5.41 Å². The maximum atomic E-state index is 12.6. The van der Waals surface area contributed by atoms with Gasteiger partial charge in [-0.3, -0.25) is 4.79 Å². The summed E-state index contributed by atoms with van der Waals surface area (Å²) in [5, 5.41) is 6.27. The molecule has 1 aliphatic heterocycles. The zero-order chi connectivity index (χ0) is 14.4. The number of ether oxygens (including phenoxy) is 2. The Morgan fingerprint density at radius 1 is 1.25 bits per heavy atom. The summed E-state index contributed by atoms with van der Waals surface area (Å²) in [5.41, 5.74) is 0.352. The Balaban J connectivity index is 2.07. The van der Waals surface area contributed by atoms with Crippen LogP contribution in [0.25, 0.3) is 0 Å². The molecule has 20 heavy (non-hydrogen) atoms. The Kier molecular flexibility index (Phi) is 4.98. The summed E-state index contributed by atoms with van der Waals surface area (Å²) in [5.74, 6) is 0.808. The first-order chi connectivity index (χ1) is 9.70. The van der Waals surface area contributed by atoms with Crippen LogP contribution in [0.5, 0.6) is 5.75 Å². The second-order valence-corrected chi connectivity index (χ2v) is 5.15. The van der Waals surface area contributed by atoms with Gasteiger partial charge in [0.15, 0.2) is 0 Å². The lowest BCUT2D eigenvalue weighted by molar-refractivity contribution is -0.130. The van der Waals surface area contributed by atoms with Crippen molar-refractivity contribution < 1.29 is 14.3 Å². The second kappa shape index (κ2) is 6.72. The van der Waals surface area contributed by atoms with E-state index < -0.39 is 5.41 Å². The van der Waals surface area contributed by atoms with Gasteiger partial charge in [-0.15, -0.1) is 0 Å². The molecule has 110 valence electrons. The Labute approximate surface area is 119 Å². The zero-order valence-corrected chi connectivity index (χ0v) is 12.1. The fourth-order valence-corrected chi connectivity index (χ4v) is 2.56. The lowest BCUT2D eigenvalue weighted by atomic mass is 9.78. The number of hydrogen-bond donors (Lipinski definition) is 2. The molecular formula is C15H22N2O3. The lowest BCUT2D eigenvalue weighted by Crippen LogP contribution is -2.47. The summed E-state index contributed by atoms with van der Waals surface area (Å²) in [6.07, 6.45) is 1.59. The minimum Gasteiger partial charge on any atom is -0.497 e. The maximum Gasteiger partial charge on any atom is 0.233 e. The number of amides is 1. The molecule has 0 spiro atoms. The highest BCUT2D eigenvalue weighted by molar-refractivity contribution is 5.95. The molecule has 0 atom stereocenters. The lowest BCUT2D eigenvalue weighted by Gasteiger charge is -2.35. The minimum atomic E-state index is -0.431. The number of piperidine rings is 1. The van der Waals surface area contributed by atoms with Gasteiger partial charge in [-0.25, -0.2) is 0 Å². The molecule has 1 saturated heterocycles. The molecule has 1 aliphatic rings. The van der Waals surface area contributed by atoms with Gasteiger partial charge in [-0.1, -0.05) is 0 Å². The molecule has 1 aromatic rings.